The van der Waals surface area contributed by atoms with Gasteiger partial charge in [-0.05, 0) is 36.1 Å². The van der Waals surface area contributed by atoms with Crippen LogP contribution in [0, 0.1) is 0 Å². The minimum absolute atomic E-state index is 0.816. The number of para-hydroxylation sites is 1. The van der Waals surface area contributed by atoms with Gasteiger partial charge in [0.1, 0.15) is 0 Å². The Kier molecular flexibility index (Phi) is 6.34. The molecule has 0 amide bonds. The van der Waals surface area contributed by atoms with E-state index in [1.165, 1.54) is 5.56 Å². The molecule has 0 saturated heterocycles. The number of hydrogen-bond acceptors (Lipinski definition) is 3. The van der Waals surface area contributed by atoms with Crippen molar-refractivity contribution in [3.05, 3.63) is 54.1 Å². The quantitative estimate of drug-likeness (QED) is 0.432. The van der Waals surface area contributed by atoms with Crippen LogP contribution in [0.15, 0.2) is 48.5 Å². The zero-order valence-corrected chi connectivity index (χ0v) is 17.4. The van der Waals surface area contributed by atoms with Gasteiger partial charge in [0.15, 0.2) is 0 Å². The molecule has 0 fully saturated rings. The van der Waals surface area contributed by atoms with E-state index in [1.54, 1.807) is 0 Å². The molecule has 6 heteroatoms. The summed E-state index contributed by atoms with van der Waals surface area (Å²) in [5, 5.41) is 6.15. The van der Waals surface area contributed by atoms with Crippen LogP contribution in [0.25, 0.3) is 0 Å². The molecule has 3 nitrogen and oxygen atoms in total. The fourth-order valence-corrected chi connectivity index (χ4v) is 6.79. The third-order valence-corrected chi connectivity index (χ3v) is 8.74. The van der Waals surface area contributed by atoms with E-state index in [2.05, 4.69) is 42.2 Å². The maximum atomic E-state index is 7.07. The van der Waals surface area contributed by atoms with Gasteiger partial charge in [-0.2, -0.15) is 0 Å². The van der Waals surface area contributed by atoms with Crippen molar-refractivity contribution >= 4 is 44.9 Å². The molecule has 0 N–H and O–H groups in total. The number of rotatable bonds is 6. The number of anilines is 1. The topological polar surface area (TPSA) is 9.72 Å². The van der Waals surface area contributed by atoms with Crippen LogP contribution in [-0.4, -0.2) is 51.8 Å². The number of hydrogen-bond donors (Lipinski definition) is 0. The molecule has 0 atom stereocenters. The van der Waals surface area contributed by atoms with Crippen LogP contribution in [0.2, 0.25) is 0 Å². The Balaban J connectivity index is 2.56. The summed E-state index contributed by atoms with van der Waals surface area (Å²) in [7, 11) is 10.1. The molecule has 2 rings (SSSR count). The summed E-state index contributed by atoms with van der Waals surface area (Å²) in [6, 6.07) is 16.4. The number of benzene rings is 2. The predicted molar refractivity (Wildman–Crippen MR) is 109 cm³/mol. The van der Waals surface area contributed by atoms with Crippen LogP contribution in [0.3, 0.4) is 0 Å². The Morgan fingerprint density at radius 3 is 1.92 bits per heavy atom. The van der Waals surface area contributed by atoms with Crippen LogP contribution >= 0.6 is 22.2 Å². The molecule has 2 aromatic carbocycles. The molecule has 24 heavy (non-hydrogen) atoms. The van der Waals surface area contributed by atoms with Gasteiger partial charge in [0, 0.05) is 27.7 Å². The second kappa shape index (κ2) is 7.89. The van der Waals surface area contributed by atoms with E-state index in [0.29, 0.717) is 0 Å². The summed E-state index contributed by atoms with van der Waals surface area (Å²) < 4.78 is 0. The maximum absolute atomic E-state index is 7.07. The van der Waals surface area contributed by atoms with Gasteiger partial charge < -0.3 is 9.91 Å². The summed E-state index contributed by atoms with van der Waals surface area (Å²) >= 11 is 14.1. The minimum Gasteiger partial charge on any atom is -0.309 e. The molecular weight excluding hydrogens is 357 g/mol. The SMILES string of the molecule is CN(C)Cc1ccccc1[Si](Cl)(Cl)c1ccccc1N(C)N(C)C. The van der Waals surface area contributed by atoms with Crippen molar-refractivity contribution in [1.29, 1.82) is 0 Å². The van der Waals surface area contributed by atoms with Crippen molar-refractivity contribution in [3.63, 3.8) is 0 Å². The fourth-order valence-electron chi connectivity index (χ4n) is 2.69. The van der Waals surface area contributed by atoms with Crippen LogP contribution < -0.4 is 15.4 Å². The third-order valence-electron chi connectivity index (χ3n) is 4.03. The Hall–Kier alpha value is -1.04. The first-order valence-corrected chi connectivity index (χ1v) is 11.9. The Labute approximate surface area is 155 Å². The first-order chi connectivity index (χ1) is 11.2. The highest BCUT2D eigenvalue weighted by Gasteiger charge is 2.38. The molecule has 0 bridgehead atoms. The Morgan fingerprint density at radius 1 is 0.792 bits per heavy atom. The van der Waals surface area contributed by atoms with Crippen LogP contribution in [0.4, 0.5) is 5.69 Å². The molecule has 0 saturated carbocycles. The van der Waals surface area contributed by atoms with Gasteiger partial charge in [-0.25, -0.2) is 5.01 Å². The van der Waals surface area contributed by atoms with Crippen LogP contribution in [0.1, 0.15) is 5.56 Å². The van der Waals surface area contributed by atoms with E-state index in [0.717, 1.165) is 22.6 Å². The lowest BCUT2D eigenvalue weighted by atomic mass is 10.2. The monoisotopic (exact) mass is 381 g/mol. The smallest absolute Gasteiger partial charge is 0.309 e. The molecule has 0 unspecified atom stereocenters. The fraction of sp³-hybridized carbons (Fsp3) is 0.333. The standard InChI is InChI=1S/C18H25Cl2N3Si/c1-21(2)14-15-10-6-8-12-17(15)24(19,20)18-13-9-7-11-16(18)23(5)22(3)4/h6-13H,14H2,1-5H3. The maximum Gasteiger partial charge on any atom is 0.312 e. The molecule has 2 aromatic rings. The summed E-state index contributed by atoms with van der Waals surface area (Å²) in [5.41, 5.74) is 2.22. The summed E-state index contributed by atoms with van der Waals surface area (Å²) in [6.07, 6.45) is 0. The van der Waals surface area contributed by atoms with E-state index in [1.807, 2.05) is 56.5 Å². The Morgan fingerprint density at radius 2 is 1.33 bits per heavy atom. The lowest BCUT2D eigenvalue weighted by Crippen LogP contribution is -2.53. The highest BCUT2D eigenvalue weighted by atomic mass is 35.7. The predicted octanol–water partition coefficient (Wildman–Crippen LogP) is 2.70. The van der Waals surface area contributed by atoms with E-state index in [-0.39, 0.29) is 0 Å². The number of hydrazine groups is 1. The van der Waals surface area contributed by atoms with Crippen molar-refractivity contribution in [2.45, 2.75) is 6.54 Å². The van der Waals surface area contributed by atoms with E-state index in [9.17, 15) is 0 Å². The second-order valence-electron chi connectivity index (χ2n) is 6.36. The van der Waals surface area contributed by atoms with Gasteiger partial charge in [0.2, 0.25) is 0 Å². The van der Waals surface area contributed by atoms with Crippen molar-refractivity contribution in [2.24, 2.45) is 0 Å². The van der Waals surface area contributed by atoms with Gasteiger partial charge in [0.05, 0.1) is 5.69 Å². The zero-order chi connectivity index (χ0) is 17.9. The minimum atomic E-state index is -2.87. The number of halogens is 2. The number of nitrogens with zero attached hydrogens (tertiary/aromatic N) is 3. The van der Waals surface area contributed by atoms with E-state index in [4.69, 9.17) is 22.2 Å². The van der Waals surface area contributed by atoms with Crippen molar-refractivity contribution < 1.29 is 0 Å². The highest BCUT2D eigenvalue weighted by Crippen LogP contribution is 2.23. The second-order valence-corrected chi connectivity index (χ2v) is 12.6. The van der Waals surface area contributed by atoms with Gasteiger partial charge in [-0.3, -0.25) is 0 Å². The first-order valence-electron chi connectivity index (χ1n) is 7.86. The van der Waals surface area contributed by atoms with Crippen molar-refractivity contribution in [2.75, 3.05) is 40.2 Å². The first kappa shape index (κ1) is 19.3. The molecule has 0 aliphatic heterocycles. The molecule has 0 radical (unpaired) electrons. The largest absolute Gasteiger partial charge is 0.312 e. The van der Waals surface area contributed by atoms with Gasteiger partial charge in [-0.1, -0.05) is 42.5 Å². The molecule has 0 spiro atoms. The van der Waals surface area contributed by atoms with Crippen molar-refractivity contribution in [3.8, 4) is 0 Å². The van der Waals surface area contributed by atoms with Gasteiger partial charge >= 0.3 is 6.69 Å². The lowest BCUT2D eigenvalue weighted by molar-refractivity contribution is 0.398. The molecule has 130 valence electrons. The Bertz CT molecular complexity index is 689. The van der Waals surface area contributed by atoms with Crippen LogP contribution in [-0.2, 0) is 6.54 Å². The lowest BCUT2D eigenvalue weighted by Gasteiger charge is -2.32. The zero-order valence-electron chi connectivity index (χ0n) is 14.9. The van der Waals surface area contributed by atoms with Gasteiger partial charge in [-0.15, -0.1) is 22.2 Å². The van der Waals surface area contributed by atoms with Crippen molar-refractivity contribution in [1.82, 2.24) is 9.91 Å². The third kappa shape index (κ3) is 4.13. The van der Waals surface area contributed by atoms with Gasteiger partial charge in [0.25, 0.3) is 0 Å². The molecule has 0 aliphatic carbocycles. The van der Waals surface area contributed by atoms with E-state index < -0.39 is 6.69 Å². The highest BCUT2D eigenvalue weighted by molar-refractivity contribution is 7.56. The average Bonchev–Trinajstić information content (AvgIpc) is 2.54. The molecule has 0 heterocycles. The molecular formula is C18H25Cl2N3Si. The molecule has 0 aromatic heterocycles. The summed E-state index contributed by atoms with van der Waals surface area (Å²) in [5.74, 6) is 0. The van der Waals surface area contributed by atoms with Crippen LogP contribution in [0.5, 0.6) is 0 Å². The summed E-state index contributed by atoms with van der Waals surface area (Å²) in [4.78, 5) is 2.13. The summed E-state index contributed by atoms with van der Waals surface area (Å²) in [6.45, 7) is -2.06. The normalized spacial score (nSPS) is 12.0. The van der Waals surface area contributed by atoms with E-state index >= 15 is 0 Å². The average molecular weight is 382 g/mol. The molecule has 0 aliphatic rings.